The predicted molar refractivity (Wildman–Crippen MR) is 137 cm³/mol. The third kappa shape index (κ3) is 6.90. The number of carbonyl (C=O) groups is 1. The lowest BCUT2D eigenvalue weighted by molar-refractivity contribution is -0.133. The van der Waals surface area contributed by atoms with Crippen molar-refractivity contribution in [3.8, 4) is 17.2 Å². The Labute approximate surface area is 214 Å². The lowest BCUT2D eigenvalue weighted by Gasteiger charge is -2.30. The molecule has 4 rings (SSSR count). The van der Waals surface area contributed by atoms with Crippen molar-refractivity contribution in [1.82, 2.24) is 9.80 Å². The van der Waals surface area contributed by atoms with E-state index in [4.69, 9.17) is 23.7 Å². The fourth-order valence-corrected chi connectivity index (χ4v) is 4.97. The van der Waals surface area contributed by atoms with Crippen molar-refractivity contribution in [2.75, 3.05) is 60.7 Å². The maximum atomic E-state index is 13.4. The Morgan fingerprint density at radius 2 is 1.61 bits per heavy atom. The molecule has 2 fully saturated rings. The number of benzene rings is 2. The molecule has 8 heteroatoms. The minimum Gasteiger partial charge on any atom is -0.493 e. The summed E-state index contributed by atoms with van der Waals surface area (Å²) in [5, 5.41) is 0. The van der Waals surface area contributed by atoms with Crippen LogP contribution < -0.4 is 14.2 Å². The summed E-state index contributed by atoms with van der Waals surface area (Å²) >= 11 is 0. The monoisotopic (exact) mass is 498 g/mol. The molecule has 1 atom stereocenters. The molecule has 0 aliphatic carbocycles. The van der Waals surface area contributed by atoms with Gasteiger partial charge in [-0.15, -0.1) is 0 Å². The number of nitrogens with zero attached hydrogens (tertiary/aromatic N) is 2. The quantitative estimate of drug-likeness (QED) is 0.498. The summed E-state index contributed by atoms with van der Waals surface area (Å²) in [4.78, 5) is 17.5. The van der Waals surface area contributed by atoms with E-state index >= 15 is 0 Å². The summed E-state index contributed by atoms with van der Waals surface area (Å²) in [6, 6.07) is 14.0. The standard InChI is InChI=1S/C28H38N2O6/c1-32-25-13-23(14-26(33-2)28(25)34-3)15-29-17-24(36-20-22-7-5-4-6-8-22)18-30(27(31)19-29)16-21-9-11-35-12-10-21/h4-8,13-14,21,24H,9-12,15-20H2,1-3H3/t24-/m1/s1. The van der Waals surface area contributed by atoms with E-state index < -0.39 is 0 Å². The van der Waals surface area contributed by atoms with Gasteiger partial charge in [0.25, 0.3) is 0 Å². The van der Waals surface area contributed by atoms with Crippen molar-refractivity contribution < 1.29 is 28.5 Å². The van der Waals surface area contributed by atoms with Crippen LogP contribution in [0.1, 0.15) is 24.0 Å². The molecule has 0 unspecified atom stereocenters. The first kappa shape index (κ1) is 26.3. The Hall–Kier alpha value is -2.81. The molecule has 2 aromatic carbocycles. The molecule has 0 saturated carbocycles. The number of ether oxygens (including phenoxy) is 5. The highest BCUT2D eigenvalue weighted by molar-refractivity contribution is 5.78. The topological polar surface area (TPSA) is 69.7 Å². The van der Waals surface area contributed by atoms with Crippen LogP contribution in [-0.4, -0.2) is 82.5 Å². The third-order valence-corrected chi connectivity index (χ3v) is 6.88. The minimum absolute atomic E-state index is 0.0986. The molecule has 0 bridgehead atoms. The molecule has 2 aliphatic rings. The Bertz CT molecular complexity index is 954. The van der Waals surface area contributed by atoms with Gasteiger partial charge in [0.15, 0.2) is 11.5 Å². The van der Waals surface area contributed by atoms with E-state index in [1.807, 2.05) is 35.2 Å². The van der Waals surface area contributed by atoms with Gasteiger partial charge in [0.2, 0.25) is 11.7 Å². The van der Waals surface area contributed by atoms with E-state index in [0.717, 1.165) is 43.7 Å². The summed E-state index contributed by atoms with van der Waals surface area (Å²) < 4.78 is 28.4. The lowest BCUT2D eigenvalue weighted by Crippen LogP contribution is -2.42. The van der Waals surface area contributed by atoms with E-state index in [2.05, 4.69) is 17.0 Å². The molecule has 2 aliphatic heterocycles. The highest BCUT2D eigenvalue weighted by atomic mass is 16.5. The molecular formula is C28H38N2O6. The van der Waals surface area contributed by atoms with E-state index in [1.54, 1.807) is 21.3 Å². The first-order valence-corrected chi connectivity index (χ1v) is 12.6. The van der Waals surface area contributed by atoms with Crippen LogP contribution in [0.5, 0.6) is 17.2 Å². The first-order chi connectivity index (χ1) is 17.6. The van der Waals surface area contributed by atoms with Crippen LogP contribution >= 0.6 is 0 Å². The zero-order valence-corrected chi connectivity index (χ0v) is 21.6. The third-order valence-electron chi connectivity index (χ3n) is 6.88. The number of methoxy groups -OCH3 is 3. The van der Waals surface area contributed by atoms with Gasteiger partial charge >= 0.3 is 0 Å². The van der Waals surface area contributed by atoms with Crippen LogP contribution in [0.25, 0.3) is 0 Å². The number of hydrogen-bond donors (Lipinski definition) is 0. The largest absolute Gasteiger partial charge is 0.493 e. The van der Waals surface area contributed by atoms with Crippen LogP contribution in [0.2, 0.25) is 0 Å². The molecule has 2 aromatic rings. The first-order valence-electron chi connectivity index (χ1n) is 12.6. The van der Waals surface area contributed by atoms with Gasteiger partial charge in [-0.25, -0.2) is 0 Å². The van der Waals surface area contributed by atoms with Crippen molar-refractivity contribution in [2.24, 2.45) is 5.92 Å². The number of carbonyl (C=O) groups excluding carboxylic acids is 1. The molecule has 0 N–H and O–H groups in total. The van der Waals surface area contributed by atoms with Crippen LogP contribution in [-0.2, 0) is 27.4 Å². The second-order valence-electron chi connectivity index (χ2n) is 9.48. The highest BCUT2D eigenvalue weighted by Gasteiger charge is 2.31. The summed E-state index contributed by atoms with van der Waals surface area (Å²) in [5.41, 5.74) is 2.11. The second kappa shape index (κ2) is 12.9. The smallest absolute Gasteiger partial charge is 0.236 e. The van der Waals surface area contributed by atoms with Gasteiger partial charge < -0.3 is 28.6 Å². The Morgan fingerprint density at radius 1 is 0.917 bits per heavy atom. The van der Waals surface area contributed by atoms with E-state index in [1.165, 1.54) is 0 Å². The van der Waals surface area contributed by atoms with E-state index in [-0.39, 0.29) is 12.0 Å². The van der Waals surface area contributed by atoms with Crippen LogP contribution in [0.4, 0.5) is 0 Å². The maximum absolute atomic E-state index is 13.4. The molecule has 0 radical (unpaired) electrons. The van der Waals surface area contributed by atoms with Crippen LogP contribution in [0.3, 0.4) is 0 Å². The van der Waals surface area contributed by atoms with Crippen LogP contribution in [0.15, 0.2) is 42.5 Å². The SMILES string of the molecule is COc1cc(CN2CC(=O)N(CC3CCOCC3)C[C@H](OCc3ccccc3)C2)cc(OC)c1OC. The molecule has 0 aromatic heterocycles. The summed E-state index contributed by atoms with van der Waals surface area (Å²) in [6.07, 6.45) is 1.89. The summed E-state index contributed by atoms with van der Waals surface area (Å²) in [7, 11) is 4.81. The molecule has 1 amide bonds. The average Bonchev–Trinajstić information content (AvgIpc) is 3.05. The predicted octanol–water partition coefficient (Wildman–Crippen LogP) is 3.37. The number of amides is 1. The fourth-order valence-electron chi connectivity index (χ4n) is 4.97. The van der Waals surface area contributed by atoms with Gasteiger partial charge in [-0.3, -0.25) is 9.69 Å². The molecule has 2 heterocycles. The molecule has 196 valence electrons. The molecule has 36 heavy (non-hydrogen) atoms. The molecule has 0 spiro atoms. The fraction of sp³-hybridized carbons (Fsp3) is 0.536. The number of hydrogen-bond acceptors (Lipinski definition) is 7. The molecule has 2 saturated heterocycles. The van der Waals surface area contributed by atoms with Crippen molar-refractivity contribution in [2.45, 2.75) is 32.1 Å². The van der Waals surface area contributed by atoms with Gasteiger partial charge in [0, 0.05) is 39.4 Å². The van der Waals surface area contributed by atoms with Gasteiger partial charge in [-0.1, -0.05) is 30.3 Å². The maximum Gasteiger partial charge on any atom is 0.236 e. The second-order valence-corrected chi connectivity index (χ2v) is 9.48. The zero-order chi connectivity index (χ0) is 25.3. The van der Waals surface area contributed by atoms with Gasteiger partial charge in [0.05, 0.1) is 40.6 Å². The van der Waals surface area contributed by atoms with E-state index in [0.29, 0.717) is 56.0 Å². The lowest BCUT2D eigenvalue weighted by atomic mass is 9.99. The van der Waals surface area contributed by atoms with Crippen molar-refractivity contribution >= 4 is 5.91 Å². The minimum atomic E-state index is -0.0986. The summed E-state index contributed by atoms with van der Waals surface area (Å²) in [5.74, 6) is 2.37. The number of rotatable bonds is 10. The highest BCUT2D eigenvalue weighted by Crippen LogP contribution is 2.38. The average molecular weight is 499 g/mol. The van der Waals surface area contributed by atoms with Crippen molar-refractivity contribution in [3.63, 3.8) is 0 Å². The van der Waals surface area contributed by atoms with Gasteiger partial charge in [0.1, 0.15) is 0 Å². The Balaban J connectivity index is 1.51. The van der Waals surface area contributed by atoms with Crippen molar-refractivity contribution in [1.29, 1.82) is 0 Å². The Morgan fingerprint density at radius 3 is 2.25 bits per heavy atom. The van der Waals surface area contributed by atoms with E-state index in [9.17, 15) is 4.79 Å². The van der Waals surface area contributed by atoms with Gasteiger partial charge in [-0.05, 0) is 42.0 Å². The summed E-state index contributed by atoms with van der Waals surface area (Å²) in [6.45, 7) is 4.97. The zero-order valence-electron chi connectivity index (χ0n) is 21.6. The normalized spacial score (nSPS) is 19.7. The Kier molecular flexibility index (Phi) is 9.44. The molecular weight excluding hydrogens is 460 g/mol. The molecule has 8 nitrogen and oxygen atoms in total. The van der Waals surface area contributed by atoms with Gasteiger partial charge in [-0.2, -0.15) is 0 Å². The van der Waals surface area contributed by atoms with Crippen LogP contribution in [0, 0.1) is 5.92 Å². The van der Waals surface area contributed by atoms with Crippen molar-refractivity contribution in [3.05, 3.63) is 53.6 Å².